The summed E-state index contributed by atoms with van der Waals surface area (Å²) >= 11 is 0. The minimum absolute atomic E-state index is 0.139. The minimum Gasteiger partial charge on any atom is -0.423 e. The molecule has 5 rings (SSSR count). The number of piperidine rings is 1. The van der Waals surface area contributed by atoms with E-state index in [-0.39, 0.29) is 37.0 Å². The number of rotatable bonds is 4. The molecule has 2 amide bonds. The number of carbonyl (C=O) groups excluding carboxylic acids is 3. The van der Waals surface area contributed by atoms with E-state index in [1.165, 1.54) is 21.9 Å². The Bertz CT molecular complexity index is 1310. The molecule has 0 saturated carbocycles. The maximum Gasteiger partial charge on any atom is 0.359 e. The van der Waals surface area contributed by atoms with Crippen molar-refractivity contribution in [2.75, 3.05) is 4.90 Å². The van der Waals surface area contributed by atoms with Gasteiger partial charge < -0.3 is 9.64 Å². The fourth-order valence-corrected chi connectivity index (χ4v) is 4.73. The molecule has 2 aliphatic rings. The third-order valence-corrected chi connectivity index (χ3v) is 6.31. The van der Waals surface area contributed by atoms with Crippen LogP contribution in [0.5, 0.6) is 5.75 Å². The van der Waals surface area contributed by atoms with Gasteiger partial charge in [-0.3, -0.25) is 14.5 Å². The largest absolute Gasteiger partial charge is 0.423 e. The Kier molecular flexibility index (Phi) is 5.34. The highest BCUT2D eigenvalue weighted by Gasteiger charge is 2.60. The minimum atomic E-state index is -1.62. The van der Waals surface area contributed by atoms with E-state index in [1.54, 1.807) is 36.4 Å². The van der Waals surface area contributed by atoms with Crippen LogP contribution in [0.25, 0.3) is 0 Å². The maximum absolute atomic E-state index is 13.9. The number of ether oxygens (including phenoxy) is 1. The van der Waals surface area contributed by atoms with Crippen molar-refractivity contribution < 1.29 is 19.1 Å². The number of nitrogens with zero attached hydrogens (tertiary/aromatic N) is 3. The van der Waals surface area contributed by atoms with Crippen molar-refractivity contribution in [1.29, 1.82) is 5.26 Å². The number of amides is 2. The lowest BCUT2D eigenvalue weighted by Gasteiger charge is -2.53. The molecule has 1 atom stereocenters. The molecule has 1 fully saturated rings. The Labute approximate surface area is 196 Å². The van der Waals surface area contributed by atoms with Crippen molar-refractivity contribution in [3.05, 3.63) is 95.6 Å². The molecular formula is C27H21N3O4. The van der Waals surface area contributed by atoms with Gasteiger partial charge in [-0.1, -0.05) is 42.5 Å². The summed E-state index contributed by atoms with van der Waals surface area (Å²) in [5, 5.41) is 9.05. The highest BCUT2D eigenvalue weighted by molar-refractivity contribution is 6.14. The van der Waals surface area contributed by atoms with Gasteiger partial charge in [0.2, 0.25) is 11.6 Å². The molecule has 1 saturated heterocycles. The number of esters is 1. The smallest absolute Gasteiger partial charge is 0.359 e. The summed E-state index contributed by atoms with van der Waals surface area (Å²) in [6, 6.07) is 24.4. The van der Waals surface area contributed by atoms with E-state index in [4.69, 9.17) is 10.00 Å². The lowest BCUT2D eigenvalue weighted by atomic mass is 9.87. The van der Waals surface area contributed by atoms with Crippen molar-refractivity contribution in [3.8, 4) is 11.8 Å². The molecule has 168 valence electrons. The van der Waals surface area contributed by atoms with E-state index < -0.39 is 11.6 Å². The fraction of sp³-hybridized carbons (Fsp3) is 0.185. The first-order valence-electron chi connectivity index (χ1n) is 11.0. The predicted molar refractivity (Wildman–Crippen MR) is 124 cm³/mol. The zero-order valence-corrected chi connectivity index (χ0v) is 18.3. The molecule has 0 spiro atoms. The summed E-state index contributed by atoms with van der Waals surface area (Å²) in [4.78, 5) is 43.9. The molecule has 0 radical (unpaired) electrons. The Balaban J connectivity index is 1.64. The van der Waals surface area contributed by atoms with Crippen molar-refractivity contribution in [2.24, 2.45) is 0 Å². The molecular weight excluding hydrogens is 430 g/mol. The van der Waals surface area contributed by atoms with E-state index in [2.05, 4.69) is 0 Å². The van der Waals surface area contributed by atoms with E-state index in [0.29, 0.717) is 23.2 Å². The highest BCUT2D eigenvalue weighted by Crippen LogP contribution is 2.44. The second-order valence-corrected chi connectivity index (χ2v) is 8.32. The molecule has 0 bridgehead atoms. The van der Waals surface area contributed by atoms with Crippen LogP contribution >= 0.6 is 0 Å². The van der Waals surface area contributed by atoms with E-state index in [1.807, 2.05) is 36.4 Å². The average Bonchev–Trinajstić information content (AvgIpc) is 2.87. The first-order chi connectivity index (χ1) is 16.5. The van der Waals surface area contributed by atoms with Crippen molar-refractivity contribution in [1.82, 2.24) is 4.90 Å². The molecule has 2 heterocycles. The van der Waals surface area contributed by atoms with Crippen molar-refractivity contribution >= 4 is 23.5 Å². The van der Waals surface area contributed by atoms with Crippen LogP contribution < -0.4 is 9.64 Å². The van der Waals surface area contributed by atoms with Gasteiger partial charge in [0.1, 0.15) is 5.75 Å². The summed E-state index contributed by atoms with van der Waals surface area (Å²) in [6.45, 7) is 0.139. The summed E-state index contributed by atoms with van der Waals surface area (Å²) in [5.74, 6) is -1.03. The quantitative estimate of drug-likeness (QED) is 0.441. The standard InChI is InChI=1S/C27H21N3O4/c28-17-19-12-14-21(15-13-19)34-26(33)27-16-6-11-24(31)30(27)23-10-5-4-9-22(23)25(32)29(27)18-20-7-2-1-3-8-20/h1-5,7-10,12-15H,6,11,16,18H2. The normalized spacial score (nSPS) is 19.1. The SMILES string of the molecule is N#Cc1ccc(OC(=O)C23CCCC(=O)N2c2ccccc2C(=O)N3Cc2ccccc2)cc1. The molecule has 3 aromatic rings. The summed E-state index contributed by atoms with van der Waals surface area (Å²) in [6.07, 6.45) is 0.965. The molecule has 0 N–H and O–H groups in total. The summed E-state index contributed by atoms with van der Waals surface area (Å²) in [7, 11) is 0. The molecule has 3 aromatic carbocycles. The van der Waals surface area contributed by atoms with Gasteiger partial charge in [0, 0.05) is 19.4 Å². The number of carbonyl (C=O) groups is 3. The topological polar surface area (TPSA) is 90.7 Å². The predicted octanol–water partition coefficient (Wildman–Crippen LogP) is 4.03. The van der Waals surface area contributed by atoms with Gasteiger partial charge >= 0.3 is 5.97 Å². The van der Waals surface area contributed by atoms with Gasteiger partial charge in [0.05, 0.1) is 22.9 Å². The third-order valence-electron chi connectivity index (χ3n) is 6.31. The monoisotopic (exact) mass is 451 g/mol. The molecule has 0 aliphatic carbocycles. The van der Waals surface area contributed by atoms with Crippen LogP contribution in [0.2, 0.25) is 0 Å². The number of para-hydroxylation sites is 1. The maximum atomic E-state index is 13.9. The zero-order chi connectivity index (χ0) is 23.7. The molecule has 7 nitrogen and oxygen atoms in total. The molecule has 7 heteroatoms. The number of hydrogen-bond acceptors (Lipinski definition) is 5. The van der Waals surface area contributed by atoms with Crippen LogP contribution in [0.4, 0.5) is 5.69 Å². The van der Waals surface area contributed by atoms with Gasteiger partial charge in [0.15, 0.2) is 0 Å². The van der Waals surface area contributed by atoms with Crippen molar-refractivity contribution in [3.63, 3.8) is 0 Å². The second-order valence-electron chi connectivity index (χ2n) is 8.32. The van der Waals surface area contributed by atoms with Crippen LogP contribution in [-0.2, 0) is 16.1 Å². The molecule has 0 aromatic heterocycles. The van der Waals surface area contributed by atoms with Gasteiger partial charge in [-0.15, -0.1) is 0 Å². The fourth-order valence-electron chi connectivity index (χ4n) is 4.73. The second kappa shape index (κ2) is 8.49. The number of hydrogen-bond donors (Lipinski definition) is 0. The number of anilines is 1. The van der Waals surface area contributed by atoms with Crippen LogP contribution in [-0.4, -0.2) is 28.3 Å². The van der Waals surface area contributed by atoms with Gasteiger partial charge in [0.25, 0.3) is 5.91 Å². The molecule has 34 heavy (non-hydrogen) atoms. The first-order valence-corrected chi connectivity index (χ1v) is 11.0. The van der Waals surface area contributed by atoms with Crippen LogP contribution in [0.3, 0.4) is 0 Å². The Morgan fingerprint density at radius 2 is 1.68 bits per heavy atom. The van der Waals surface area contributed by atoms with Gasteiger partial charge in [-0.25, -0.2) is 4.79 Å². The first kappa shape index (κ1) is 21.4. The van der Waals surface area contributed by atoms with Crippen LogP contribution in [0.1, 0.15) is 40.7 Å². The van der Waals surface area contributed by atoms with Gasteiger partial charge in [-0.2, -0.15) is 5.26 Å². The van der Waals surface area contributed by atoms with Gasteiger partial charge in [-0.05, 0) is 48.4 Å². The Morgan fingerprint density at radius 3 is 2.41 bits per heavy atom. The summed E-state index contributed by atoms with van der Waals surface area (Å²) in [5.41, 5.74) is 0.428. The zero-order valence-electron chi connectivity index (χ0n) is 18.3. The molecule has 2 aliphatic heterocycles. The number of nitriles is 1. The van der Waals surface area contributed by atoms with Crippen LogP contribution in [0, 0.1) is 11.3 Å². The Hall–Kier alpha value is -4.44. The lowest BCUT2D eigenvalue weighted by molar-refractivity contribution is -0.152. The Morgan fingerprint density at radius 1 is 0.971 bits per heavy atom. The van der Waals surface area contributed by atoms with Crippen LogP contribution in [0.15, 0.2) is 78.9 Å². The van der Waals surface area contributed by atoms with E-state index in [9.17, 15) is 14.4 Å². The van der Waals surface area contributed by atoms with E-state index >= 15 is 0 Å². The number of benzene rings is 3. The summed E-state index contributed by atoms with van der Waals surface area (Å²) < 4.78 is 5.76. The average molecular weight is 451 g/mol. The number of fused-ring (bicyclic) bond motifs is 3. The third kappa shape index (κ3) is 3.41. The van der Waals surface area contributed by atoms with E-state index in [0.717, 1.165) is 5.56 Å². The highest BCUT2D eigenvalue weighted by atomic mass is 16.5. The molecule has 1 unspecified atom stereocenters. The lowest BCUT2D eigenvalue weighted by Crippen LogP contribution is -2.73. The van der Waals surface area contributed by atoms with Crippen molar-refractivity contribution in [2.45, 2.75) is 31.5 Å².